The number of aliphatic hydroxyl groups is 1. The van der Waals surface area contributed by atoms with E-state index in [2.05, 4.69) is 0 Å². The van der Waals surface area contributed by atoms with E-state index in [1.165, 1.54) is 0 Å². The Morgan fingerprint density at radius 1 is 1.70 bits per heavy atom. The Balaban J connectivity index is 2.84. The summed E-state index contributed by atoms with van der Waals surface area (Å²) in [5.41, 5.74) is 1.15. The van der Waals surface area contributed by atoms with Crippen molar-refractivity contribution in [2.75, 3.05) is 0 Å². The summed E-state index contributed by atoms with van der Waals surface area (Å²) >= 11 is 0. The quantitative estimate of drug-likeness (QED) is 0.485. The van der Waals surface area contributed by atoms with Gasteiger partial charge in [0.1, 0.15) is 7.85 Å². The molecule has 1 aliphatic carbocycles. The van der Waals surface area contributed by atoms with Crippen LogP contribution in [0.4, 0.5) is 0 Å². The first-order chi connectivity index (χ1) is 4.52. The summed E-state index contributed by atoms with van der Waals surface area (Å²) in [4.78, 5) is 0. The minimum absolute atomic E-state index is 0.0838. The average Bonchev–Trinajstić information content (AvgIpc) is 1.81. The van der Waals surface area contributed by atoms with Gasteiger partial charge in [-0.3, -0.25) is 0 Å². The summed E-state index contributed by atoms with van der Waals surface area (Å²) in [6.45, 7) is 4.02. The SMILES string of the molecule is BC1(C)C=CC(C)=CC1O. The summed E-state index contributed by atoms with van der Waals surface area (Å²) in [5, 5.41) is 9.40. The van der Waals surface area contributed by atoms with E-state index < -0.39 is 0 Å². The molecule has 0 aromatic carbocycles. The Hall–Kier alpha value is -0.495. The second-order valence-corrected chi connectivity index (χ2v) is 3.51. The average molecular weight is 136 g/mol. The molecule has 0 amide bonds. The maximum atomic E-state index is 9.48. The van der Waals surface area contributed by atoms with Gasteiger partial charge in [0.15, 0.2) is 0 Å². The van der Waals surface area contributed by atoms with Crippen molar-refractivity contribution in [3.63, 3.8) is 0 Å². The first-order valence-corrected chi connectivity index (χ1v) is 3.58. The fourth-order valence-corrected chi connectivity index (χ4v) is 0.964. The van der Waals surface area contributed by atoms with Crippen molar-refractivity contribution in [2.45, 2.75) is 25.3 Å². The van der Waals surface area contributed by atoms with Gasteiger partial charge in [-0.25, -0.2) is 0 Å². The van der Waals surface area contributed by atoms with Crippen LogP contribution in [0.25, 0.3) is 0 Å². The van der Waals surface area contributed by atoms with E-state index in [1.807, 2.05) is 39.9 Å². The van der Waals surface area contributed by atoms with Crippen LogP contribution in [0.1, 0.15) is 13.8 Å². The Kier molecular flexibility index (Phi) is 1.73. The highest BCUT2D eigenvalue weighted by molar-refractivity contribution is 6.17. The predicted octanol–water partition coefficient (Wildman–Crippen LogP) is 0.675. The van der Waals surface area contributed by atoms with Crippen molar-refractivity contribution in [2.24, 2.45) is 0 Å². The first kappa shape index (κ1) is 7.61. The molecule has 1 nitrogen and oxygen atoms in total. The molecule has 0 saturated heterocycles. The molecule has 54 valence electrons. The summed E-state index contributed by atoms with van der Waals surface area (Å²) in [5.74, 6) is 0. The summed E-state index contributed by atoms with van der Waals surface area (Å²) < 4.78 is 0. The molecular weight excluding hydrogens is 123 g/mol. The lowest BCUT2D eigenvalue weighted by Gasteiger charge is -2.28. The zero-order chi connectivity index (χ0) is 7.78. The van der Waals surface area contributed by atoms with Crippen molar-refractivity contribution in [1.29, 1.82) is 0 Å². The molecule has 0 spiro atoms. The van der Waals surface area contributed by atoms with Gasteiger partial charge in [0.2, 0.25) is 0 Å². The summed E-state index contributed by atoms with van der Waals surface area (Å²) in [7, 11) is 2.02. The van der Waals surface area contributed by atoms with E-state index in [4.69, 9.17) is 0 Å². The molecular formula is C8H13BO. The van der Waals surface area contributed by atoms with Gasteiger partial charge in [0.05, 0.1) is 6.10 Å². The molecule has 10 heavy (non-hydrogen) atoms. The Bertz CT molecular complexity index is 191. The number of rotatable bonds is 0. The molecule has 0 heterocycles. The molecule has 0 aliphatic heterocycles. The molecule has 2 atom stereocenters. The minimum atomic E-state index is -0.322. The predicted molar refractivity (Wildman–Crippen MR) is 45.8 cm³/mol. The van der Waals surface area contributed by atoms with E-state index in [-0.39, 0.29) is 11.4 Å². The van der Waals surface area contributed by atoms with Crippen molar-refractivity contribution >= 4 is 7.85 Å². The molecule has 0 aromatic rings. The smallest absolute Gasteiger partial charge is 0.117 e. The lowest BCUT2D eigenvalue weighted by molar-refractivity contribution is 0.191. The minimum Gasteiger partial charge on any atom is -0.389 e. The second-order valence-electron chi connectivity index (χ2n) is 3.51. The highest BCUT2D eigenvalue weighted by atomic mass is 16.3. The first-order valence-electron chi connectivity index (χ1n) is 3.58. The third kappa shape index (κ3) is 1.32. The number of allylic oxidation sites excluding steroid dienone is 2. The number of aliphatic hydroxyl groups excluding tert-OH is 1. The van der Waals surface area contributed by atoms with Crippen molar-refractivity contribution in [3.05, 3.63) is 23.8 Å². The third-order valence-corrected chi connectivity index (χ3v) is 1.96. The van der Waals surface area contributed by atoms with Crippen molar-refractivity contribution < 1.29 is 5.11 Å². The van der Waals surface area contributed by atoms with Crippen LogP contribution < -0.4 is 0 Å². The second kappa shape index (κ2) is 2.28. The van der Waals surface area contributed by atoms with Crippen molar-refractivity contribution in [3.8, 4) is 0 Å². The molecule has 0 bridgehead atoms. The third-order valence-electron chi connectivity index (χ3n) is 1.96. The zero-order valence-electron chi connectivity index (χ0n) is 6.76. The maximum absolute atomic E-state index is 9.48. The maximum Gasteiger partial charge on any atom is 0.117 e. The van der Waals surface area contributed by atoms with Gasteiger partial charge in [-0.15, -0.1) is 0 Å². The number of hydrogen-bond donors (Lipinski definition) is 1. The molecule has 0 fully saturated rings. The van der Waals surface area contributed by atoms with Gasteiger partial charge >= 0.3 is 0 Å². The Labute approximate surface area is 62.9 Å². The van der Waals surface area contributed by atoms with Crippen LogP contribution in [-0.4, -0.2) is 19.1 Å². The fourth-order valence-electron chi connectivity index (χ4n) is 0.964. The zero-order valence-corrected chi connectivity index (χ0v) is 6.76. The van der Waals surface area contributed by atoms with E-state index in [1.54, 1.807) is 0 Å². The van der Waals surface area contributed by atoms with Crippen LogP contribution >= 0.6 is 0 Å². The van der Waals surface area contributed by atoms with Gasteiger partial charge < -0.3 is 5.11 Å². The van der Waals surface area contributed by atoms with Crippen LogP contribution in [0, 0.1) is 0 Å². The molecule has 0 saturated carbocycles. The van der Waals surface area contributed by atoms with E-state index in [0.29, 0.717) is 0 Å². The van der Waals surface area contributed by atoms with Gasteiger partial charge in [-0.1, -0.05) is 30.7 Å². The highest BCUT2D eigenvalue weighted by Crippen LogP contribution is 2.32. The summed E-state index contributed by atoms with van der Waals surface area (Å²) in [6.07, 6.45) is 5.66. The molecule has 1 rings (SSSR count). The number of hydrogen-bond acceptors (Lipinski definition) is 1. The van der Waals surface area contributed by atoms with Gasteiger partial charge in [-0.2, -0.15) is 0 Å². The topological polar surface area (TPSA) is 20.2 Å². The van der Waals surface area contributed by atoms with Crippen molar-refractivity contribution in [1.82, 2.24) is 0 Å². The summed E-state index contributed by atoms with van der Waals surface area (Å²) in [6, 6.07) is 0. The normalized spacial score (nSPS) is 39.5. The molecule has 2 heteroatoms. The lowest BCUT2D eigenvalue weighted by atomic mass is 9.64. The largest absolute Gasteiger partial charge is 0.389 e. The van der Waals surface area contributed by atoms with Gasteiger partial charge in [-0.05, 0) is 12.2 Å². The molecule has 2 unspecified atom stereocenters. The van der Waals surface area contributed by atoms with Crippen LogP contribution in [0.5, 0.6) is 0 Å². The fraction of sp³-hybridized carbons (Fsp3) is 0.500. The Morgan fingerprint density at radius 3 is 2.70 bits per heavy atom. The molecule has 1 N–H and O–H groups in total. The van der Waals surface area contributed by atoms with Gasteiger partial charge in [0.25, 0.3) is 0 Å². The molecule has 1 aliphatic rings. The monoisotopic (exact) mass is 136 g/mol. The molecule has 0 aromatic heterocycles. The van der Waals surface area contributed by atoms with E-state index >= 15 is 0 Å². The van der Waals surface area contributed by atoms with E-state index in [9.17, 15) is 5.11 Å². The van der Waals surface area contributed by atoms with Crippen LogP contribution in [0.2, 0.25) is 5.31 Å². The van der Waals surface area contributed by atoms with Gasteiger partial charge in [0, 0.05) is 0 Å². The lowest BCUT2D eigenvalue weighted by Crippen LogP contribution is -2.24. The van der Waals surface area contributed by atoms with Crippen LogP contribution in [-0.2, 0) is 0 Å². The van der Waals surface area contributed by atoms with Crippen LogP contribution in [0.15, 0.2) is 23.8 Å². The standard InChI is InChI=1S/C8H13BO/c1-6-3-4-8(2,9)7(10)5-6/h3-5,7,10H,9H2,1-2H3. The Morgan fingerprint density at radius 2 is 2.30 bits per heavy atom. The highest BCUT2D eigenvalue weighted by Gasteiger charge is 2.24. The van der Waals surface area contributed by atoms with E-state index in [0.717, 1.165) is 5.57 Å². The molecule has 0 radical (unpaired) electrons. The van der Waals surface area contributed by atoms with Crippen LogP contribution in [0.3, 0.4) is 0 Å².